The fourth-order valence-corrected chi connectivity index (χ4v) is 18.5. The van der Waals surface area contributed by atoms with E-state index in [2.05, 4.69) is 90.4 Å². The SMILES string of the molecule is NC(=O)[C@H]1NCC[C@@H]1NC(=O)[C@H]1NCC[C@@H]1NC(=O)[C@@H]1CCC[C@H]1NC(=O)[C@@H]1CNC[C@H]1NC(=O)[C@@H]1CCC[C@H]1NC(=O)[C@H]1NCC[C@@H]1NC(=O)[C@@H]1NCC[C@H]1NC(=O)[C@@H]1CCC[C@H]1NC(=O)[C@@H]1CNC[C@H]1NC(=O)[C@@H]1CCC[C@H]1NC(=O)[C@@H]1CCC[C@H]1NC(=O)[C@@H]1CCC[C@H]1N. The standard InChI is InChI=1S/C66H105N19O12/c67-39-13-1-7-31(39)56(87)75-40-14-2-8-32(40)57(88)76-41-15-5-11-35(41)60(91)84-49-29-69-27-37(49)62(93)77-43-17-4-10-34(43)59(90)81-47-21-25-73-53(47)66(97)83-48-22-26-74-54(48)64(95)79-44-18-6-12-36(44)61(92)85-50-30-70-28-38(50)63(94)78-42-16-3-9-33(42)58(89)80-46-20-24-72-52(46)65(96)82-45-19-23-71-51(45)55(68)86/h31-54,69-74H,1-30,67H2,(H2,68,86)(H,75,87)(H,76,88)(H,77,93)(H,78,94)(H,79,95)(H,80,89)(H,81,90)(H,82,96)(H,83,97)(H,84,91)(H,85,92)/t31-,32-,33-,34-,35-,36-,37-,38-,39-,40-,41-,42-,43-,44-,45+,46+,47-,48+,49-,50-,51+,52+,53-,54+/m1/s1. The van der Waals surface area contributed by atoms with Gasteiger partial charge in [0, 0.05) is 62.4 Å². The molecule has 536 valence electrons. The van der Waals surface area contributed by atoms with Crippen LogP contribution in [0.15, 0.2) is 0 Å². The summed E-state index contributed by atoms with van der Waals surface area (Å²) < 4.78 is 0. The molecular weight excluding hydrogens is 1250 g/mol. The summed E-state index contributed by atoms with van der Waals surface area (Å²) in [6.07, 6.45) is 14.2. The maximum atomic E-state index is 14.2. The third-order valence-electron chi connectivity index (χ3n) is 23.9. The molecule has 0 unspecified atom stereocenters. The summed E-state index contributed by atoms with van der Waals surface area (Å²) in [6.45, 7) is 3.36. The molecule has 97 heavy (non-hydrogen) atoms. The van der Waals surface area contributed by atoms with Crippen LogP contribution in [0.5, 0.6) is 0 Å². The molecule has 21 N–H and O–H groups in total. The molecule has 6 saturated heterocycles. The number of nitrogens with one attached hydrogen (secondary N) is 17. The van der Waals surface area contributed by atoms with Gasteiger partial charge in [-0.25, -0.2) is 0 Å². The fourth-order valence-electron chi connectivity index (χ4n) is 18.5. The maximum absolute atomic E-state index is 14.2. The van der Waals surface area contributed by atoms with E-state index in [0.717, 1.165) is 38.5 Å². The second-order valence-corrected chi connectivity index (χ2v) is 30.0. The Labute approximate surface area is 565 Å². The van der Waals surface area contributed by atoms with Gasteiger partial charge in [0.1, 0.15) is 24.2 Å². The van der Waals surface area contributed by atoms with E-state index in [9.17, 15) is 57.5 Å². The lowest BCUT2D eigenvalue weighted by Crippen LogP contribution is -2.59. The van der Waals surface area contributed by atoms with Gasteiger partial charge in [-0.1, -0.05) is 38.5 Å². The largest absolute Gasteiger partial charge is 0.368 e. The van der Waals surface area contributed by atoms with Gasteiger partial charge in [-0.3, -0.25) is 57.5 Å². The van der Waals surface area contributed by atoms with Crippen LogP contribution >= 0.6 is 0 Å². The highest BCUT2D eigenvalue weighted by atomic mass is 16.2. The van der Waals surface area contributed by atoms with E-state index in [1.165, 1.54) is 0 Å². The molecule has 6 aliphatic heterocycles. The van der Waals surface area contributed by atoms with Crippen molar-refractivity contribution in [2.24, 2.45) is 58.8 Å². The zero-order valence-electron chi connectivity index (χ0n) is 55.6. The third kappa shape index (κ3) is 16.2. The molecule has 12 rings (SSSR count). The first-order valence-electron chi connectivity index (χ1n) is 36.6. The van der Waals surface area contributed by atoms with Crippen molar-refractivity contribution in [3.8, 4) is 0 Å². The quantitative estimate of drug-likeness (QED) is 0.0453. The Morgan fingerprint density at radius 3 is 0.784 bits per heavy atom. The molecule has 12 aliphatic rings. The maximum Gasteiger partial charge on any atom is 0.239 e. The van der Waals surface area contributed by atoms with Crippen molar-refractivity contribution in [3.05, 3.63) is 0 Å². The first-order chi connectivity index (χ1) is 46.9. The molecule has 12 fully saturated rings. The van der Waals surface area contributed by atoms with Crippen molar-refractivity contribution in [1.82, 2.24) is 90.4 Å². The molecule has 0 aromatic carbocycles. The van der Waals surface area contributed by atoms with Crippen LogP contribution in [0.1, 0.15) is 141 Å². The second kappa shape index (κ2) is 31.7. The van der Waals surface area contributed by atoms with Gasteiger partial charge < -0.3 is 102 Å². The van der Waals surface area contributed by atoms with Gasteiger partial charge in [0.25, 0.3) is 0 Å². The summed E-state index contributed by atoms with van der Waals surface area (Å²) >= 11 is 0. The monoisotopic (exact) mass is 1360 g/mol. The molecule has 6 heterocycles. The number of hydrogen-bond acceptors (Lipinski definition) is 19. The van der Waals surface area contributed by atoms with E-state index in [0.29, 0.717) is 155 Å². The van der Waals surface area contributed by atoms with Crippen molar-refractivity contribution in [1.29, 1.82) is 0 Å². The lowest BCUT2D eigenvalue weighted by atomic mass is 9.96. The van der Waals surface area contributed by atoms with E-state index in [1.807, 2.05) is 0 Å². The summed E-state index contributed by atoms with van der Waals surface area (Å²) in [7, 11) is 0. The topological polar surface area (TPSA) is 461 Å². The first-order valence-corrected chi connectivity index (χ1v) is 36.6. The minimum absolute atomic E-state index is 0.0788. The Morgan fingerprint density at radius 1 is 0.237 bits per heavy atom. The minimum atomic E-state index is -0.790. The molecule has 6 saturated carbocycles. The van der Waals surface area contributed by atoms with Crippen LogP contribution in [0.2, 0.25) is 0 Å². The van der Waals surface area contributed by atoms with Gasteiger partial charge in [0.05, 0.1) is 83.6 Å². The van der Waals surface area contributed by atoms with Crippen molar-refractivity contribution in [2.45, 2.75) is 238 Å². The van der Waals surface area contributed by atoms with Crippen LogP contribution in [0, 0.1) is 47.3 Å². The lowest BCUT2D eigenvalue weighted by Gasteiger charge is -2.29. The number of rotatable bonds is 23. The van der Waals surface area contributed by atoms with Crippen LogP contribution in [-0.2, 0) is 57.5 Å². The molecule has 0 bridgehead atoms. The van der Waals surface area contributed by atoms with Crippen molar-refractivity contribution < 1.29 is 57.5 Å². The summed E-state index contributed by atoms with van der Waals surface area (Å²) in [5, 5.41) is 53.3. The predicted molar refractivity (Wildman–Crippen MR) is 351 cm³/mol. The van der Waals surface area contributed by atoms with E-state index >= 15 is 0 Å². The molecule has 12 amide bonds. The summed E-state index contributed by atoms with van der Waals surface area (Å²) in [5.74, 6) is -7.31. The lowest BCUT2D eigenvalue weighted by molar-refractivity contribution is -0.132. The van der Waals surface area contributed by atoms with Crippen molar-refractivity contribution >= 4 is 70.9 Å². The molecular formula is C66H105N19O12. The van der Waals surface area contributed by atoms with Gasteiger partial charge in [0.2, 0.25) is 70.9 Å². The summed E-state index contributed by atoms with van der Waals surface area (Å²) in [5.41, 5.74) is 11.7. The number of amides is 12. The zero-order chi connectivity index (χ0) is 68.0. The molecule has 0 radical (unpaired) electrons. The first kappa shape index (κ1) is 70.2. The number of carbonyl (C=O) groups is 12. The Hall–Kier alpha value is -6.64. The van der Waals surface area contributed by atoms with Crippen LogP contribution < -0.4 is 102 Å². The summed E-state index contributed by atoms with van der Waals surface area (Å²) in [6, 6.07) is -8.29. The molecule has 0 aromatic heterocycles. The highest BCUT2D eigenvalue weighted by Gasteiger charge is 2.49. The number of hydrogen-bond donors (Lipinski definition) is 19. The Balaban J connectivity index is 0.568. The van der Waals surface area contributed by atoms with Gasteiger partial charge in [0.15, 0.2) is 0 Å². The number of carbonyl (C=O) groups excluding carboxylic acids is 12. The predicted octanol–water partition coefficient (Wildman–Crippen LogP) is -6.18. The molecule has 0 aromatic rings. The van der Waals surface area contributed by atoms with Gasteiger partial charge in [-0.15, -0.1) is 0 Å². The zero-order valence-corrected chi connectivity index (χ0v) is 55.6. The molecule has 0 spiro atoms. The van der Waals surface area contributed by atoms with Crippen LogP contribution in [0.3, 0.4) is 0 Å². The smallest absolute Gasteiger partial charge is 0.239 e. The van der Waals surface area contributed by atoms with Crippen molar-refractivity contribution in [2.75, 3.05) is 52.4 Å². The third-order valence-corrected chi connectivity index (χ3v) is 23.9. The van der Waals surface area contributed by atoms with Gasteiger partial charge in [-0.05, 0) is 129 Å². The second-order valence-electron chi connectivity index (χ2n) is 30.0. The van der Waals surface area contributed by atoms with Crippen LogP contribution in [0.4, 0.5) is 0 Å². The fraction of sp³-hybridized carbons (Fsp3) is 0.818. The highest BCUT2D eigenvalue weighted by Crippen LogP contribution is 2.34. The summed E-state index contributed by atoms with van der Waals surface area (Å²) in [4.78, 5) is 165. The molecule has 31 nitrogen and oxygen atoms in total. The van der Waals surface area contributed by atoms with Crippen LogP contribution in [0.25, 0.3) is 0 Å². The minimum Gasteiger partial charge on any atom is -0.368 e. The average molecular weight is 1360 g/mol. The van der Waals surface area contributed by atoms with E-state index < -0.39 is 120 Å². The molecule has 24 atom stereocenters. The number of primary amides is 1. The molecule has 6 aliphatic carbocycles. The Morgan fingerprint density at radius 2 is 0.474 bits per heavy atom. The van der Waals surface area contributed by atoms with E-state index in [1.54, 1.807) is 0 Å². The number of nitrogens with two attached hydrogens (primary N) is 2. The molecule has 31 heteroatoms. The normalized spacial score (nSPS) is 39.1. The average Bonchev–Trinajstić information content (AvgIpc) is 1.73. The van der Waals surface area contributed by atoms with Gasteiger partial charge in [-0.2, -0.15) is 0 Å². The van der Waals surface area contributed by atoms with E-state index in [-0.39, 0.29) is 94.9 Å². The van der Waals surface area contributed by atoms with Gasteiger partial charge >= 0.3 is 0 Å². The Bertz CT molecular complexity index is 2960. The Kier molecular flexibility index (Phi) is 22.9. The van der Waals surface area contributed by atoms with E-state index in [4.69, 9.17) is 11.5 Å². The van der Waals surface area contributed by atoms with Crippen molar-refractivity contribution in [3.63, 3.8) is 0 Å². The van der Waals surface area contributed by atoms with Crippen LogP contribution in [-0.4, -0.2) is 220 Å². The highest BCUT2D eigenvalue weighted by molar-refractivity contribution is 5.92.